The van der Waals surface area contributed by atoms with Crippen LogP contribution in [0.4, 0.5) is 0 Å². The second-order valence-corrected chi connectivity index (χ2v) is 5.51. The molecule has 0 amide bonds. The first kappa shape index (κ1) is 13.8. The molecule has 0 spiro atoms. The summed E-state index contributed by atoms with van der Waals surface area (Å²) in [5, 5.41) is 0. The summed E-state index contributed by atoms with van der Waals surface area (Å²) < 4.78 is 12.8. The highest BCUT2D eigenvalue weighted by Crippen LogP contribution is 2.22. The molecule has 3 aromatic rings. The van der Waals surface area contributed by atoms with Gasteiger partial charge in [-0.25, -0.2) is 4.79 Å². The Labute approximate surface area is 133 Å². The maximum atomic E-state index is 11.6. The zero-order valence-electron chi connectivity index (χ0n) is 12.5. The number of aromatic amines is 1. The van der Waals surface area contributed by atoms with Gasteiger partial charge in [-0.05, 0) is 47.0 Å². The van der Waals surface area contributed by atoms with Gasteiger partial charge >= 0.3 is 5.69 Å². The molecule has 2 aromatic carbocycles. The quantitative estimate of drug-likeness (QED) is 0.806. The van der Waals surface area contributed by atoms with Crippen LogP contribution in [0.2, 0.25) is 0 Å². The molecule has 0 atom stereocenters. The van der Waals surface area contributed by atoms with Crippen molar-refractivity contribution in [2.45, 2.75) is 19.8 Å². The fourth-order valence-electron chi connectivity index (χ4n) is 2.71. The fourth-order valence-corrected chi connectivity index (χ4v) is 2.71. The summed E-state index contributed by atoms with van der Waals surface area (Å²) >= 11 is 0. The minimum atomic E-state index is -0.154. The molecule has 0 radical (unpaired) electrons. The van der Waals surface area contributed by atoms with E-state index >= 15 is 0 Å². The average molecular weight is 308 g/mol. The van der Waals surface area contributed by atoms with Crippen molar-refractivity contribution in [1.82, 2.24) is 9.55 Å². The van der Waals surface area contributed by atoms with E-state index in [1.807, 2.05) is 24.3 Å². The van der Waals surface area contributed by atoms with Gasteiger partial charge in [0.2, 0.25) is 0 Å². The number of imidazole rings is 1. The van der Waals surface area contributed by atoms with Crippen LogP contribution in [-0.4, -0.2) is 9.55 Å². The molecule has 0 unspecified atom stereocenters. The van der Waals surface area contributed by atoms with E-state index in [-0.39, 0.29) is 5.69 Å². The number of fused-ring (bicyclic) bond motifs is 1. The molecular weight excluding hydrogens is 292 g/mol. The summed E-state index contributed by atoms with van der Waals surface area (Å²) in [5.74, 6) is 0.772. The zero-order chi connectivity index (χ0) is 15.6. The number of ether oxygens (including phenoxy) is 2. The molecule has 0 saturated heterocycles. The van der Waals surface area contributed by atoms with E-state index in [0.29, 0.717) is 19.8 Å². The monoisotopic (exact) mass is 308 g/mol. The lowest BCUT2D eigenvalue weighted by Gasteiger charge is -2.08. The predicted molar refractivity (Wildman–Crippen MR) is 85.7 cm³/mol. The van der Waals surface area contributed by atoms with Crippen molar-refractivity contribution < 1.29 is 9.47 Å². The van der Waals surface area contributed by atoms with Crippen LogP contribution in [0.25, 0.3) is 5.69 Å². The number of rotatable bonds is 4. The number of H-pyrrole nitrogens is 1. The van der Waals surface area contributed by atoms with Gasteiger partial charge < -0.3 is 14.5 Å². The Balaban J connectivity index is 1.45. The van der Waals surface area contributed by atoms with Gasteiger partial charge in [-0.15, -0.1) is 0 Å². The summed E-state index contributed by atoms with van der Waals surface area (Å²) in [4.78, 5) is 14.2. The van der Waals surface area contributed by atoms with E-state index in [1.165, 1.54) is 11.1 Å². The number of aromatic nitrogens is 2. The van der Waals surface area contributed by atoms with Crippen molar-refractivity contribution >= 4 is 0 Å². The lowest BCUT2D eigenvalue weighted by molar-refractivity contribution is 0.134. The molecule has 1 aliphatic rings. The molecule has 1 aromatic heterocycles. The molecule has 2 heterocycles. The smallest absolute Gasteiger partial charge is 0.330 e. The molecular formula is C18H16N2O3. The summed E-state index contributed by atoms with van der Waals surface area (Å²) in [6, 6.07) is 13.8. The third kappa shape index (κ3) is 2.78. The Morgan fingerprint density at radius 1 is 1.09 bits per heavy atom. The minimum Gasteiger partial charge on any atom is -0.489 e. The van der Waals surface area contributed by atoms with E-state index in [4.69, 9.17) is 9.47 Å². The summed E-state index contributed by atoms with van der Waals surface area (Å²) in [5.41, 5.74) is 4.28. The van der Waals surface area contributed by atoms with Crippen LogP contribution in [0.1, 0.15) is 16.7 Å². The van der Waals surface area contributed by atoms with Crippen LogP contribution in [0.3, 0.4) is 0 Å². The molecule has 5 heteroatoms. The summed E-state index contributed by atoms with van der Waals surface area (Å²) in [6.07, 6.45) is 3.31. The van der Waals surface area contributed by atoms with Crippen molar-refractivity contribution in [2.24, 2.45) is 0 Å². The maximum Gasteiger partial charge on any atom is 0.330 e. The molecule has 23 heavy (non-hydrogen) atoms. The van der Waals surface area contributed by atoms with E-state index in [2.05, 4.69) is 23.2 Å². The van der Waals surface area contributed by atoms with E-state index in [1.54, 1.807) is 17.0 Å². The number of nitrogens with zero attached hydrogens (tertiary/aromatic N) is 1. The SMILES string of the molecule is O=c1[nH]ccn1-c1ccc(OCc2ccc3c(c2)COC3)cc1. The van der Waals surface area contributed by atoms with Gasteiger partial charge in [-0.3, -0.25) is 4.57 Å². The molecule has 0 bridgehead atoms. The molecule has 1 N–H and O–H groups in total. The van der Waals surface area contributed by atoms with Gasteiger partial charge in [0, 0.05) is 12.4 Å². The molecule has 5 nitrogen and oxygen atoms in total. The van der Waals surface area contributed by atoms with Gasteiger partial charge in [0.15, 0.2) is 0 Å². The largest absolute Gasteiger partial charge is 0.489 e. The lowest BCUT2D eigenvalue weighted by atomic mass is 10.1. The van der Waals surface area contributed by atoms with E-state index in [0.717, 1.165) is 17.0 Å². The molecule has 1 aliphatic heterocycles. The normalized spacial score (nSPS) is 13.0. The van der Waals surface area contributed by atoms with Gasteiger partial charge in [-0.1, -0.05) is 12.1 Å². The highest BCUT2D eigenvalue weighted by Gasteiger charge is 2.11. The molecule has 0 saturated carbocycles. The lowest BCUT2D eigenvalue weighted by Crippen LogP contribution is -2.13. The minimum absolute atomic E-state index is 0.154. The first-order chi connectivity index (χ1) is 11.3. The zero-order valence-corrected chi connectivity index (χ0v) is 12.5. The highest BCUT2D eigenvalue weighted by atomic mass is 16.5. The summed E-state index contributed by atoms with van der Waals surface area (Å²) in [7, 11) is 0. The van der Waals surface area contributed by atoms with Crippen LogP contribution in [-0.2, 0) is 24.6 Å². The van der Waals surface area contributed by atoms with Crippen LogP contribution < -0.4 is 10.4 Å². The van der Waals surface area contributed by atoms with Gasteiger partial charge in [-0.2, -0.15) is 0 Å². The van der Waals surface area contributed by atoms with Gasteiger partial charge in [0.1, 0.15) is 12.4 Å². The van der Waals surface area contributed by atoms with Gasteiger partial charge in [0.05, 0.1) is 18.9 Å². The standard InChI is InChI=1S/C18H16N2O3/c21-18-19-7-8-20(18)16-3-5-17(6-4-16)23-10-13-1-2-14-11-22-12-15(14)9-13/h1-9H,10-12H2,(H,19,21). The average Bonchev–Trinajstić information content (AvgIpc) is 3.21. The van der Waals surface area contributed by atoms with E-state index < -0.39 is 0 Å². The first-order valence-electron chi connectivity index (χ1n) is 7.47. The highest BCUT2D eigenvalue weighted by molar-refractivity contribution is 5.38. The topological polar surface area (TPSA) is 56.2 Å². The number of benzene rings is 2. The van der Waals surface area contributed by atoms with Crippen LogP contribution in [0.15, 0.2) is 59.7 Å². The molecule has 0 fully saturated rings. The number of hydrogen-bond acceptors (Lipinski definition) is 3. The van der Waals surface area contributed by atoms with E-state index in [9.17, 15) is 4.79 Å². The third-order valence-electron chi connectivity index (χ3n) is 3.96. The van der Waals surface area contributed by atoms with Gasteiger partial charge in [0.25, 0.3) is 0 Å². The molecule has 116 valence electrons. The van der Waals surface area contributed by atoms with Crippen LogP contribution in [0, 0.1) is 0 Å². The van der Waals surface area contributed by atoms with Crippen molar-refractivity contribution in [3.05, 3.63) is 82.0 Å². The van der Waals surface area contributed by atoms with Crippen molar-refractivity contribution in [1.29, 1.82) is 0 Å². The van der Waals surface area contributed by atoms with Crippen molar-refractivity contribution in [3.8, 4) is 11.4 Å². The Bertz CT molecular complexity index is 878. The molecule has 4 rings (SSSR count). The second-order valence-electron chi connectivity index (χ2n) is 5.51. The Kier molecular flexibility index (Phi) is 3.48. The predicted octanol–water partition coefficient (Wildman–Crippen LogP) is 2.77. The second kappa shape index (κ2) is 5.78. The first-order valence-corrected chi connectivity index (χ1v) is 7.47. The number of nitrogens with one attached hydrogen (secondary N) is 1. The van der Waals surface area contributed by atoms with Crippen LogP contribution >= 0.6 is 0 Å². The third-order valence-corrected chi connectivity index (χ3v) is 3.96. The van der Waals surface area contributed by atoms with Crippen molar-refractivity contribution in [3.63, 3.8) is 0 Å². The fraction of sp³-hybridized carbons (Fsp3) is 0.167. The summed E-state index contributed by atoms with van der Waals surface area (Å²) in [6.45, 7) is 1.90. The Morgan fingerprint density at radius 3 is 2.70 bits per heavy atom. The number of hydrogen-bond donors (Lipinski definition) is 1. The Hall–Kier alpha value is -2.79. The van der Waals surface area contributed by atoms with Crippen LogP contribution in [0.5, 0.6) is 5.75 Å². The van der Waals surface area contributed by atoms with Crippen molar-refractivity contribution in [2.75, 3.05) is 0 Å². The molecule has 0 aliphatic carbocycles. The Morgan fingerprint density at radius 2 is 1.91 bits per heavy atom. The maximum absolute atomic E-state index is 11.6.